The van der Waals surface area contributed by atoms with Gasteiger partial charge in [0.05, 0.1) is 0 Å². The molecule has 1 aromatic carbocycles. The summed E-state index contributed by atoms with van der Waals surface area (Å²) in [6.45, 7) is 5.86. The lowest BCUT2D eigenvalue weighted by atomic mass is 10.1. The zero-order valence-electron chi connectivity index (χ0n) is 14.0. The van der Waals surface area contributed by atoms with E-state index in [1.165, 1.54) is 36.9 Å². The van der Waals surface area contributed by atoms with Gasteiger partial charge in [-0.25, -0.2) is 4.79 Å². The van der Waals surface area contributed by atoms with E-state index in [9.17, 15) is 4.79 Å². The lowest BCUT2D eigenvalue weighted by Crippen LogP contribution is -2.37. The van der Waals surface area contributed by atoms with Crippen LogP contribution in [0.2, 0.25) is 0 Å². The van der Waals surface area contributed by atoms with Gasteiger partial charge in [0.15, 0.2) is 0 Å². The van der Waals surface area contributed by atoms with Gasteiger partial charge in [0.1, 0.15) is 0 Å². The molecule has 2 amide bonds. The first-order chi connectivity index (χ1) is 10.7. The Morgan fingerprint density at radius 1 is 1.23 bits per heavy atom. The molecule has 0 aromatic heterocycles. The first-order valence-corrected chi connectivity index (χ1v) is 8.54. The first-order valence-electron chi connectivity index (χ1n) is 8.54. The standard InChI is InChI=1S/C18H29N3O/c1-3-4-7-12-19-18(22)20(2)15-16-10-5-6-11-17(16)21-13-8-9-14-21/h5-6,10-11H,3-4,7-9,12-15H2,1-2H3,(H,19,22). The summed E-state index contributed by atoms with van der Waals surface area (Å²) >= 11 is 0. The van der Waals surface area contributed by atoms with E-state index in [0.29, 0.717) is 6.54 Å². The summed E-state index contributed by atoms with van der Waals surface area (Å²) in [7, 11) is 1.87. The van der Waals surface area contributed by atoms with Crippen molar-refractivity contribution in [1.82, 2.24) is 10.2 Å². The average molecular weight is 303 g/mol. The molecular formula is C18H29N3O. The lowest BCUT2D eigenvalue weighted by Gasteiger charge is -2.24. The summed E-state index contributed by atoms with van der Waals surface area (Å²) in [5, 5.41) is 3.00. The van der Waals surface area contributed by atoms with Crippen LogP contribution in [0.4, 0.5) is 10.5 Å². The summed E-state index contributed by atoms with van der Waals surface area (Å²) in [5.74, 6) is 0. The SMILES string of the molecule is CCCCCNC(=O)N(C)Cc1ccccc1N1CCCC1. The van der Waals surface area contributed by atoms with Crippen molar-refractivity contribution in [3.63, 3.8) is 0 Å². The van der Waals surface area contributed by atoms with Crippen LogP contribution in [0.1, 0.15) is 44.6 Å². The molecule has 1 N–H and O–H groups in total. The number of anilines is 1. The Kier molecular flexibility index (Phi) is 6.56. The number of nitrogens with one attached hydrogen (secondary N) is 1. The summed E-state index contributed by atoms with van der Waals surface area (Å²) in [4.78, 5) is 16.4. The maximum atomic E-state index is 12.1. The van der Waals surface area contributed by atoms with Crippen LogP contribution in [0, 0.1) is 0 Å². The molecule has 0 saturated carbocycles. The second kappa shape index (κ2) is 8.66. The molecule has 1 aliphatic rings. The quantitative estimate of drug-likeness (QED) is 0.781. The summed E-state index contributed by atoms with van der Waals surface area (Å²) in [6.07, 6.45) is 5.93. The van der Waals surface area contributed by atoms with Crippen LogP contribution >= 0.6 is 0 Å². The number of benzene rings is 1. The molecule has 22 heavy (non-hydrogen) atoms. The number of urea groups is 1. The van der Waals surface area contributed by atoms with E-state index in [1.54, 1.807) is 4.90 Å². The Balaban J connectivity index is 1.90. The predicted octanol–water partition coefficient (Wildman–Crippen LogP) is 3.62. The number of amides is 2. The van der Waals surface area contributed by atoms with Gasteiger partial charge in [0, 0.05) is 38.9 Å². The zero-order valence-corrected chi connectivity index (χ0v) is 14.0. The van der Waals surface area contributed by atoms with E-state index in [0.717, 1.165) is 26.1 Å². The van der Waals surface area contributed by atoms with Gasteiger partial charge in [0.2, 0.25) is 0 Å². The molecule has 1 heterocycles. The highest BCUT2D eigenvalue weighted by molar-refractivity contribution is 5.74. The van der Waals surface area contributed by atoms with Gasteiger partial charge in [-0.15, -0.1) is 0 Å². The highest BCUT2D eigenvalue weighted by Gasteiger charge is 2.17. The van der Waals surface area contributed by atoms with Gasteiger partial charge in [-0.05, 0) is 30.9 Å². The van der Waals surface area contributed by atoms with Crippen molar-refractivity contribution in [2.75, 3.05) is 31.6 Å². The summed E-state index contributed by atoms with van der Waals surface area (Å²) < 4.78 is 0. The van der Waals surface area contributed by atoms with Crippen molar-refractivity contribution in [2.45, 2.75) is 45.6 Å². The van der Waals surface area contributed by atoms with Gasteiger partial charge >= 0.3 is 6.03 Å². The molecule has 1 fully saturated rings. The van der Waals surface area contributed by atoms with Crippen molar-refractivity contribution >= 4 is 11.7 Å². The van der Waals surface area contributed by atoms with Gasteiger partial charge in [-0.3, -0.25) is 0 Å². The maximum Gasteiger partial charge on any atom is 0.317 e. The minimum absolute atomic E-state index is 0.0207. The van der Waals surface area contributed by atoms with Gasteiger partial charge < -0.3 is 15.1 Å². The molecule has 1 saturated heterocycles. The number of rotatable bonds is 7. The van der Waals surface area contributed by atoms with E-state index >= 15 is 0 Å². The van der Waals surface area contributed by atoms with Crippen molar-refractivity contribution < 1.29 is 4.79 Å². The normalized spacial score (nSPS) is 14.2. The fourth-order valence-electron chi connectivity index (χ4n) is 2.94. The summed E-state index contributed by atoms with van der Waals surface area (Å²) in [6, 6.07) is 8.47. The fourth-order valence-corrected chi connectivity index (χ4v) is 2.94. The van der Waals surface area contributed by atoms with E-state index in [-0.39, 0.29) is 6.03 Å². The molecule has 122 valence electrons. The Morgan fingerprint density at radius 2 is 1.95 bits per heavy atom. The Labute approximate surface area is 134 Å². The number of para-hydroxylation sites is 1. The second-order valence-corrected chi connectivity index (χ2v) is 6.12. The average Bonchev–Trinajstić information content (AvgIpc) is 3.06. The molecule has 0 bridgehead atoms. The van der Waals surface area contributed by atoms with Gasteiger partial charge in [0.25, 0.3) is 0 Å². The van der Waals surface area contributed by atoms with Crippen LogP contribution in [0.5, 0.6) is 0 Å². The molecule has 0 unspecified atom stereocenters. The topological polar surface area (TPSA) is 35.6 Å². The van der Waals surface area contributed by atoms with Crippen molar-refractivity contribution in [1.29, 1.82) is 0 Å². The minimum atomic E-state index is 0.0207. The van der Waals surface area contributed by atoms with E-state index in [1.807, 2.05) is 7.05 Å². The van der Waals surface area contributed by atoms with Gasteiger partial charge in [-0.2, -0.15) is 0 Å². The minimum Gasteiger partial charge on any atom is -0.371 e. The molecule has 0 aliphatic carbocycles. The molecule has 0 spiro atoms. The van der Waals surface area contributed by atoms with Crippen molar-refractivity contribution in [3.8, 4) is 0 Å². The van der Waals surface area contributed by atoms with Crippen LogP contribution < -0.4 is 10.2 Å². The number of nitrogens with zero attached hydrogens (tertiary/aromatic N) is 2. The van der Waals surface area contributed by atoms with E-state index < -0.39 is 0 Å². The van der Waals surface area contributed by atoms with Crippen molar-refractivity contribution in [3.05, 3.63) is 29.8 Å². The van der Waals surface area contributed by atoms with E-state index in [4.69, 9.17) is 0 Å². The van der Waals surface area contributed by atoms with Crippen LogP contribution in [-0.2, 0) is 6.54 Å². The first kappa shape index (κ1) is 16.7. The Morgan fingerprint density at radius 3 is 2.68 bits per heavy atom. The fraction of sp³-hybridized carbons (Fsp3) is 0.611. The smallest absolute Gasteiger partial charge is 0.317 e. The highest BCUT2D eigenvalue weighted by Crippen LogP contribution is 2.25. The van der Waals surface area contributed by atoms with E-state index in [2.05, 4.69) is 41.4 Å². The van der Waals surface area contributed by atoms with Crippen LogP contribution in [0.25, 0.3) is 0 Å². The molecule has 4 heteroatoms. The molecule has 2 rings (SSSR count). The monoisotopic (exact) mass is 303 g/mol. The molecule has 0 radical (unpaired) electrons. The second-order valence-electron chi connectivity index (χ2n) is 6.12. The number of carbonyl (C=O) groups excluding carboxylic acids is 1. The van der Waals surface area contributed by atoms with Crippen molar-refractivity contribution in [2.24, 2.45) is 0 Å². The summed E-state index contributed by atoms with van der Waals surface area (Å²) in [5.41, 5.74) is 2.52. The number of carbonyl (C=O) groups is 1. The largest absolute Gasteiger partial charge is 0.371 e. The predicted molar refractivity (Wildman–Crippen MR) is 92.3 cm³/mol. The molecule has 0 atom stereocenters. The molecule has 4 nitrogen and oxygen atoms in total. The third-order valence-corrected chi connectivity index (χ3v) is 4.25. The maximum absolute atomic E-state index is 12.1. The molecule has 1 aromatic rings. The number of hydrogen-bond acceptors (Lipinski definition) is 2. The number of hydrogen-bond donors (Lipinski definition) is 1. The highest BCUT2D eigenvalue weighted by atomic mass is 16.2. The molecular weight excluding hydrogens is 274 g/mol. The Bertz CT molecular complexity index is 469. The Hall–Kier alpha value is -1.71. The van der Waals surface area contributed by atoms with Crippen LogP contribution in [0.3, 0.4) is 0 Å². The van der Waals surface area contributed by atoms with Gasteiger partial charge in [-0.1, -0.05) is 38.0 Å². The zero-order chi connectivity index (χ0) is 15.8. The van der Waals surface area contributed by atoms with Crippen LogP contribution in [0.15, 0.2) is 24.3 Å². The molecule has 1 aliphatic heterocycles. The lowest BCUT2D eigenvalue weighted by molar-refractivity contribution is 0.206. The number of unbranched alkanes of at least 4 members (excludes halogenated alkanes) is 2. The third kappa shape index (κ3) is 4.65. The third-order valence-electron chi connectivity index (χ3n) is 4.25. The van der Waals surface area contributed by atoms with Crippen LogP contribution in [-0.4, -0.2) is 37.6 Å².